The van der Waals surface area contributed by atoms with Crippen molar-refractivity contribution in [2.24, 2.45) is 4.99 Å². The number of rotatable bonds is 3. The molecule has 0 saturated carbocycles. The molecule has 0 amide bonds. The van der Waals surface area contributed by atoms with Gasteiger partial charge >= 0.3 is 0 Å². The Morgan fingerprint density at radius 1 is 1.11 bits per heavy atom. The van der Waals surface area contributed by atoms with Gasteiger partial charge in [0.25, 0.3) is 0 Å². The highest BCUT2D eigenvalue weighted by Gasteiger charge is 2.29. The first-order valence-corrected chi connectivity index (χ1v) is 9.55. The molecule has 0 saturated heterocycles. The van der Waals surface area contributed by atoms with E-state index in [0.29, 0.717) is 5.56 Å². The molecule has 2 aromatic heterocycles. The number of hydrogen-bond donors (Lipinski definition) is 1. The van der Waals surface area contributed by atoms with Gasteiger partial charge in [-0.3, -0.25) is 4.99 Å². The Morgan fingerprint density at radius 2 is 1.93 bits per heavy atom. The van der Waals surface area contributed by atoms with E-state index in [1.807, 2.05) is 24.4 Å². The van der Waals surface area contributed by atoms with Gasteiger partial charge in [0.05, 0.1) is 6.20 Å². The largest absolute Gasteiger partial charge is 0.342 e. The number of amidine groups is 1. The van der Waals surface area contributed by atoms with Gasteiger partial charge in [-0.15, -0.1) is 11.3 Å². The monoisotopic (exact) mass is 419 g/mol. The molecule has 1 aliphatic heterocycles. The van der Waals surface area contributed by atoms with Crippen LogP contribution in [-0.4, -0.2) is 10.8 Å². The van der Waals surface area contributed by atoms with Crippen molar-refractivity contribution in [2.45, 2.75) is 13.0 Å². The van der Waals surface area contributed by atoms with Crippen LogP contribution < -0.4 is 5.32 Å². The second-order valence-electron chi connectivity index (χ2n) is 6.17. The minimum absolute atomic E-state index is 0.103. The standard InChI is InChI=1S/C20H13ClF3N3S/c1-10-17(16-3-2-6-28-16)18(13-5-4-11(22)7-14(13)21)27-20(26-10)19-15(24)8-12(23)9-25-19/h2-9,18H,1H3,(H,26,27). The van der Waals surface area contributed by atoms with Crippen molar-refractivity contribution in [3.63, 3.8) is 0 Å². The van der Waals surface area contributed by atoms with E-state index < -0.39 is 23.5 Å². The van der Waals surface area contributed by atoms with Gasteiger partial charge in [0.2, 0.25) is 0 Å². The van der Waals surface area contributed by atoms with E-state index in [-0.39, 0.29) is 16.6 Å². The lowest BCUT2D eigenvalue weighted by molar-refractivity contribution is 0.570. The highest BCUT2D eigenvalue weighted by Crippen LogP contribution is 2.42. The van der Waals surface area contributed by atoms with Crippen LogP contribution in [0.25, 0.3) is 5.57 Å². The molecule has 142 valence electrons. The van der Waals surface area contributed by atoms with E-state index in [4.69, 9.17) is 11.6 Å². The number of thiophene rings is 1. The number of benzene rings is 1. The SMILES string of the molecule is CC1=C(c2cccs2)C(c2ccc(F)cc2Cl)N=C(c2ncc(F)cc2F)N1. The Morgan fingerprint density at radius 3 is 2.61 bits per heavy atom. The quantitative estimate of drug-likeness (QED) is 0.588. The first-order chi connectivity index (χ1) is 13.4. The summed E-state index contributed by atoms with van der Waals surface area (Å²) in [7, 11) is 0. The number of aliphatic imine (C=N–C) groups is 1. The molecule has 1 unspecified atom stereocenters. The second kappa shape index (κ2) is 7.41. The van der Waals surface area contributed by atoms with Crippen LogP contribution in [-0.2, 0) is 0 Å². The van der Waals surface area contributed by atoms with Crippen LogP contribution in [0.4, 0.5) is 13.2 Å². The van der Waals surface area contributed by atoms with Crippen LogP contribution >= 0.6 is 22.9 Å². The predicted molar refractivity (Wildman–Crippen MR) is 105 cm³/mol. The van der Waals surface area contributed by atoms with Gasteiger partial charge in [-0.1, -0.05) is 23.7 Å². The number of nitrogens with one attached hydrogen (secondary N) is 1. The summed E-state index contributed by atoms with van der Waals surface area (Å²) in [5.41, 5.74) is 2.04. The number of nitrogens with zero attached hydrogens (tertiary/aromatic N) is 2. The minimum atomic E-state index is -0.831. The van der Waals surface area contributed by atoms with Crippen LogP contribution in [0.1, 0.15) is 29.1 Å². The number of halogens is 4. The average Bonchev–Trinajstić information content (AvgIpc) is 3.15. The van der Waals surface area contributed by atoms with E-state index in [2.05, 4.69) is 15.3 Å². The van der Waals surface area contributed by atoms with Crippen LogP contribution in [0.15, 0.2) is 58.7 Å². The molecule has 0 radical (unpaired) electrons. The van der Waals surface area contributed by atoms with E-state index in [1.54, 1.807) is 6.07 Å². The van der Waals surface area contributed by atoms with Crippen LogP contribution in [0.3, 0.4) is 0 Å². The lowest BCUT2D eigenvalue weighted by atomic mass is 9.94. The summed E-state index contributed by atoms with van der Waals surface area (Å²) in [5, 5.41) is 5.20. The fraction of sp³-hybridized carbons (Fsp3) is 0.100. The van der Waals surface area contributed by atoms with Crippen molar-refractivity contribution in [1.29, 1.82) is 0 Å². The molecule has 0 fully saturated rings. The highest BCUT2D eigenvalue weighted by atomic mass is 35.5. The van der Waals surface area contributed by atoms with Crippen molar-refractivity contribution in [1.82, 2.24) is 10.3 Å². The minimum Gasteiger partial charge on any atom is -0.342 e. The number of aromatic nitrogens is 1. The van der Waals surface area contributed by atoms with Crippen LogP contribution in [0, 0.1) is 17.5 Å². The molecule has 0 bridgehead atoms. The Balaban J connectivity index is 1.89. The lowest BCUT2D eigenvalue weighted by Crippen LogP contribution is -2.31. The van der Waals surface area contributed by atoms with Crippen molar-refractivity contribution in [3.8, 4) is 0 Å². The molecule has 3 heterocycles. The van der Waals surface area contributed by atoms with Crippen molar-refractivity contribution in [2.75, 3.05) is 0 Å². The van der Waals surface area contributed by atoms with E-state index in [0.717, 1.165) is 28.4 Å². The maximum atomic E-state index is 14.3. The zero-order valence-corrected chi connectivity index (χ0v) is 16.1. The van der Waals surface area contributed by atoms with Gasteiger partial charge in [-0.2, -0.15) is 0 Å². The predicted octanol–water partition coefficient (Wildman–Crippen LogP) is 5.74. The van der Waals surface area contributed by atoms with Crippen molar-refractivity contribution in [3.05, 3.63) is 92.3 Å². The summed E-state index contributed by atoms with van der Waals surface area (Å²) in [5.74, 6) is -1.91. The van der Waals surface area contributed by atoms with Gasteiger partial charge in [-0.25, -0.2) is 18.2 Å². The molecule has 3 nitrogen and oxygen atoms in total. The van der Waals surface area contributed by atoms with Gasteiger partial charge in [-0.05, 0) is 30.5 Å². The van der Waals surface area contributed by atoms with E-state index >= 15 is 0 Å². The normalized spacial score (nSPS) is 16.8. The Bertz CT molecular complexity index is 1110. The number of hydrogen-bond acceptors (Lipinski definition) is 4. The van der Waals surface area contributed by atoms with Crippen molar-refractivity contribution < 1.29 is 13.2 Å². The van der Waals surface area contributed by atoms with Gasteiger partial charge in [0.15, 0.2) is 11.7 Å². The Kier molecular flexibility index (Phi) is 4.95. The third-order valence-corrected chi connectivity index (χ3v) is 5.55. The first-order valence-electron chi connectivity index (χ1n) is 8.30. The summed E-state index contributed by atoms with van der Waals surface area (Å²) < 4.78 is 41.1. The number of pyridine rings is 1. The maximum Gasteiger partial charge on any atom is 0.155 e. The molecular weight excluding hydrogens is 407 g/mol. The average molecular weight is 420 g/mol. The molecule has 1 atom stereocenters. The summed E-state index contributed by atoms with van der Waals surface area (Å²) in [6, 6.07) is 8.07. The van der Waals surface area contributed by atoms with Crippen LogP contribution in [0.5, 0.6) is 0 Å². The summed E-state index contributed by atoms with van der Waals surface area (Å²) in [6.07, 6.45) is 0.927. The smallest absolute Gasteiger partial charge is 0.155 e. The van der Waals surface area contributed by atoms with E-state index in [9.17, 15) is 13.2 Å². The van der Waals surface area contributed by atoms with Gasteiger partial charge < -0.3 is 5.32 Å². The third-order valence-electron chi connectivity index (χ3n) is 4.32. The molecule has 8 heteroatoms. The molecule has 0 aliphatic carbocycles. The van der Waals surface area contributed by atoms with Gasteiger partial charge in [0.1, 0.15) is 23.4 Å². The topological polar surface area (TPSA) is 37.3 Å². The van der Waals surface area contributed by atoms with Gasteiger partial charge in [0, 0.05) is 32.8 Å². The molecule has 28 heavy (non-hydrogen) atoms. The third kappa shape index (κ3) is 3.43. The fourth-order valence-electron chi connectivity index (χ4n) is 3.08. The molecule has 4 rings (SSSR count). The maximum absolute atomic E-state index is 14.3. The summed E-state index contributed by atoms with van der Waals surface area (Å²) in [4.78, 5) is 9.40. The zero-order chi connectivity index (χ0) is 19.8. The first kappa shape index (κ1) is 18.7. The summed E-state index contributed by atoms with van der Waals surface area (Å²) in [6.45, 7) is 1.83. The Hall–Kier alpha value is -2.64. The lowest BCUT2D eigenvalue weighted by Gasteiger charge is -2.27. The Labute approximate surface area is 168 Å². The number of allylic oxidation sites excluding steroid dienone is 1. The fourth-order valence-corrected chi connectivity index (χ4v) is 4.21. The molecule has 1 N–H and O–H groups in total. The molecule has 1 aliphatic rings. The molecular formula is C20H13ClF3N3S. The van der Waals surface area contributed by atoms with Crippen LogP contribution in [0.2, 0.25) is 5.02 Å². The molecule has 3 aromatic rings. The summed E-state index contributed by atoms with van der Waals surface area (Å²) >= 11 is 7.81. The van der Waals surface area contributed by atoms with Crippen molar-refractivity contribution >= 4 is 34.3 Å². The zero-order valence-electron chi connectivity index (χ0n) is 14.5. The second-order valence-corrected chi connectivity index (χ2v) is 7.53. The highest BCUT2D eigenvalue weighted by molar-refractivity contribution is 7.11. The van der Waals surface area contributed by atoms with E-state index in [1.165, 1.54) is 23.5 Å². The molecule has 1 aromatic carbocycles. The molecule has 0 spiro atoms.